The molecule has 2 N–H and O–H groups in total. The second-order valence-corrected chi connectivity index (χ2v) is 5.50. The molecule has 2 nitrogen and oxygen atoms in total. The minimum Gasteiger partial charge on any atom is -0.486 e. The number of hydrogen-bond donors (Lipinski definition) is 1. The first-order valence-electron chi connectivity index (χ1n) is 7.73. The third-order valence-electron chi connectivity index (χ3n) is 4.17. The van der Waals surface area contributed by atoms with E-state index in [0.29, 0.717) is 6.54 Å². The molecule has 0 aliphatic carbocycles. The standard InChI is InChI=1S/C19H25NO/c1-3-19(4-2,15-20)21-18-12-10-17(11-13-18)14-16-8-6-5-7-9-16/h5-13H,3-4,14-15,20H2,1-2H3. The van der Waals surface area contributed by atoms with Gasteiger partial charge in [0.15, 0.2) is 0 Å². The monoisotopic (exact) mass is 283 g/mol. The molecule has 2 aromatic rings. The highest BCUT2D eigenvalue weighted by Crippen LogP contribution is 2.24. The maximum Gasteiger partial charge on any atom is 0.121 e. The van der Waals surface area contributed by atoms with Gasteiger partial charge in [0.1, 0.15) is 11.4 Å². The van der Waals surface area contributed by atoms with Gasteiger partial charge in [-0.25, -0.2) is 0 Å². The van der Waals surface area contributed by atoms with Crippen molar-refractivity contribution in [2.75, 3.05) is 6.54 Å². The van der Waals surface area contributed by atoms with Gasteiger partial charge in [0.25, 0.3) is 0 Å². The molecule has 112 valence electrons. The lowest BCUT2D eigenvalue weighted by atomic mass is 9.97. The van der Waals surface area contributed by atoms with E-state index in [-0.39, 0.29) is 5.60 Å². The van der Waals surface area contributed by atoms with E-state index < -0.39 is 0 Å². The Morgan fingerprint density at radius 3 is 1.95 bits per heavy atom. The highest BCUT2D eigenvalue weighted by atomic mass is 16.5. The molecule has 0 saturated heterocycles. The molecule has 0 bridgehead atoms. The van der Waals surface area contributed by atoms with Crippen molar-refractivity contribution in [1.82, 2.24) is 0 Å². The van der Waals surface area contributed by atoms with Crippen LogP contribution in [0.2, 0.25) is 0 Å². The van der Waals surface area contributed by atoms with Crippen molar-refractivity contribution in [1.29, 1.82) is 0 Å². The van der Waals surface area contributed by atoms with Crippen LogP contribution in [0, 0.1) is 0 Å². The molecular formula is C19H25NO. The first kappa shape index (κ1) is 15.6. The summed E-state index contributed by atoms with van der Waals surface area (Å²) < 4.78 is 6.13. The summed E-state index contributed by atoms with van der Waals surface area (Å²) in [6.07, 6.45) is 2.79. The smallest absolute Gasteiger partial charge is 0.121 e. The third kappa shape index (κ3) is 4.08. The molecule has 2 heteroatoms. The van der Waals surface area contributed by atoms with Gasteiger partial charge < -0.3 is 10.5 Å². The largest absolute Gasteiger partial charge is 0.486 e. The summed E-state index contributed by atoms with van der Waals surface area (Å²) in [7, 11) is 0. The lowest BCUT2D eigenvalue weighted by Crippen LogP contribution is -2.42. The van der Waals surface area contributed by atoms with E-state index in [1.54, 1.807) is 0 Å². The highest BCUT2D eigenvalue weighted by Gasteiger charge is 2.26. The molecule has 0 fully saturated rings. The van der Waals surface area contributed by atoms with E-state index in [0.717, 1.165) is 25.0 Å². The Morgan fingerprint density at radius 2 is 1.43 bits per heavy atom. The molecule has 0 unspecified atom stereocenters. The Bertz CT molecular complexity index is 521. The first-order valence-corrected chi connectivity index (χ1v) is 7.73. The molecule has 0 saturated carbocycles. The molecular weight excluding hydrogens is 258 g/mol. The zero-order valence-electron chi connectivity index (χ0n) is 13.0. The summed E-state index contributed by atoms with van der Waals surface area (Å²) in [5, 5.41) is 0. The van der Waals surface area contributed by atoms with Crippen LogP contribution in [-0.2, 0) is 6.42 Å². The Kier molecular flexibility index (Phi) is 5.40. The predicted molar refractivity (Wildman–Crippen MR) is 88.7 cm³/mol. The van der Waals surface area contributed by atoms with Gasteiger partial charge in [-0.2, -0.15) is 0 Å². The Labute approximate surface area is 127 Å². The lowest BCUT2D eigenvalue weighted by molar-refractivity contribution is 0.0692. The molecule has 0 atom stereocenters. The molecule has 0 radical (unpaired) electrons. The van der Waals surface area contributed by atoms with Crippen molar-refractivity contribution < 1.29 is 4.74 Å². The minimum absolute atomic E-state index is 0.235. The van der Waals surface area contributed by atoms with Crippen molar-refractivity contribution in [3.8, 4) is 5.75 Å². The fraction of sp³-hybridized carbons (Fsp3) is 0.368. The summed E-state index contributed by atoms with van der Waals surface area (Å²) in [6, 6.07) is 18.9. The van der Waals surface area contributed by atoms with Crippen LogP contribution < -0.4 is 10.5 Å². The maximum absolute atomic E-state index is 6.13. The number of benzene rings is 2. The van der Waals surface area contributed by atoms with E-state index in [9.17, 15) is 0 Å². The second-order valence-electron chi connectivity index (χ2n) is 5.50. The Balaban J connectivity index is 2.05. The van der Waals surface area contributed by atoms with Gasteiger partial charge >= 0.3 is 0 Å². The number of nitrogens with two attached hydrogens (primary N) is 1. The van der Waals surface area contributed by atoms with Gasteiger partial charge in [0.05, 0.1) is 0 Å². The second kappa shape index (κ2) is 7.28. The van der Waals surface area contributed by atoms with Crippen LogP contribution in [0.25, 0.3) is 0 Å². The zero-order chi connectivity index (χ0) is 15.1. The summed E-state index contributed by atoms with van der Waals surface area (Å²) in [6.45, 7) is 4.80. The van der Waals surface area contributed by atoms with Crippen LogP contribution in [0.4, 0.5) is 0 Å². The van der Waals surface area contributed by atoms with Gasteiger partial charge in [-0.3, -0.25) is 0 Å². The fourth-order valence-electron chi connectivity index (χ4n) is 2.48. The molecule has 0 heterocycles. The van der Waals surface area contributed by atoms with Crippen LogP contribution in [0.1, 0.15) is 37.8 Å². The Morgan fingerprint density at radius 1 is 0.857 bits per heavy atom. The average molecular weight is 283 g/mol. The zero-order valence-corrected chi connectivity index (χ0v) is 13.0. The van der Waals surface area contributed by atoms with Gasteiger partial charge in [-0.05, 0) is 42.5 Å². The number of hydrogen-bond acceptors (Lipinski definition) is 2. The van der Waals surface area contributed by atoms with Crippen LogP contribution in [0.3, 0.4) is 0 Å². The van der Waals surface area contributed by atoms with Gasteiger partial charge in [-0.1, -0.05) is 56.3 Å². The third-order valence-corrected chi connectivity index (χ3v) is 4.17. The summed E-state index contributed by atoms with van der Waals surface area (Å²) in [4.78, 5) is 0. The molecule has 0 aliphatic rings. The summed E-state index contributed by atoms with van der Waals surface area (Å²) in [5.74, 6) is 0.904. The molecule has 21 heavy (non-hydrogen) atoms. The molecule has 0 amide bonds. The molecule has 2 aromatic carbocycles. The van der Waals surface area contributed by atoms with Gasteiger partial charge in [0, 0.05) is 6.54 Å². The van der Waals surface area contributed by atoms with E-state index in [2.05, 4.69) is 50.2 Å². The normalized spacial score (nSPS) is 11.4. The summed E-state index contributed by atoms with van der Waals surface area (Å²) in [5.41, 5.74) is 8.26. The maximum atomic E-state index is 6.13. The van der Waals surface area contributed by atoms with Crippen molar-refractivity contribution in [2.24, 2.45) is 5.73 Å². The fourth-order valence-corrected chi connectivity index (χ4v) is 2.48. The first-order chi connectivity index (χ1) is 10.2. The summed E-state index contributed by atoms with van der Waals surface area (Å²) >= 11 is 0. The number of rotatable bonds is 7. The van der Waals surface area contributed by atoms with Crippen molar-refractivity contribution in [3.63, 3.8) is 0 Å². The average Bonchev–Trinajstić information content (AvgIpc) is 2.55. The van der Waals surface area contributed by atoms with Crippen molar-refractivity contribution in [3.05, 3.63) is 65.7 Å². The van der Waals surface area contributed by atoms with Gasteiger partial charge in [0.2, 0.25) is 0 Å². The van der Waals surface area contributed by atoms with E-state index in [1.165, 1.54) is 11.1 Å². The van der Waals surface area contributed by atoms with Crippen LogP contribution in [0.15, 0.2) is 54.6 Å². The minimum atomic E-state index is -0.235. The molecule has 0 aliphatic heterocycles. The van der Waals surface area contributed by atoms with E-state index in [1.807, 2.05) is 18.2 Å². The van der Waals surface area contributed by atoms with Crippen LogP contribution >= 0.6 is 0 Å². The Hall–Kier alpha value is -1.80. The molecule has 2 rings (SSSR count). The molecule has 0 spiro atoms. The van der Waals surface area contributed by atoms with Crippen molar-refractivity contribution >= 4 is 0 Å². The predicted octanol–water partition coefficient (Wildman–Crippen LogP) is 4.17. The number of ether oxygens (including phenoxy) is 1. The van der Waals surface area contributed by atoms with Crippen LogP contribution in [0.5, 0.6) is 5.75 Å². The van der Waals surface area contributed by atoms with Gasteiger partial charge in [-0.15, -0.1) is 0 Å². The molecule has 0 aromatic heterocycles. The van der Waals surface area contributed by atoms with E-state index >= 15 is 0 Å². The van der Waals surface area contributed by atoms with E-state index in [4.69, 9.17) is 10.5 Å². The highest BCUT2D eigenvalue weighted by molar-refractivity contribution is 5.31. The van der Waals surface area contributed by atoms with Crippen LogP contribution in [-0.4, -0.2) is 12.1 Å². The van der Waals surface area contributed by atoms with Crippen molar-refractivity contribution in [2.45, 2.75) is 38.7 Å². The topological polar surface area (TPSA) is 35.2 Å². The lowest BCUT2D eigenvalue weighted by Gasteiger charge is -2.31. The SMILES string of the molecule is CCC(CC)(CN)Oc1ccc(Cc2ccccc2)cc1. The quantitative estimate of drug-likeness (QED) is 0.827.